The molecule has 2 heterocycles. The Kier molecular flexibility index (Phi) is 6.45. The van der Waals surface area contributed by atoms with Crippen molar-refractivity contribution in [1.82, 2.24) is 15.0 Å². The van der Waals surface area contributed by atoms with Crippen LogP contribution in [0.4, 0.5) is 31.9 Å². The number of nitrogens with one attached hydrogen (secondary N) is 1. The summed E-state index contributed by atoms with van der Waals surface area (Å²) in [7, 11) is 0. The predicted molar refractivity (Wildman–Crippen MR) is 122 cm³/mol. The lowest BCUT2D eigenvalue weighted by Gasteiger charge is -2.13. The summed E-state index contributed by atoms with van der Waals surface area (Å²) in [6.07, 6.45) is 2.72. The predicted octanol–water partition coefficient (Wildman–Crippen LogP) is 6.04. The fourth-order valence-corrected chi connectivity index (χ4v) is 3.33. The van der Waals surface area contributed by atoms with Crippen LogP contribution in [-0.4, -0.2) is 25.9 Å². The van der Waals surface area contributed by atoms with Gasteiger partial charge in [-0.25, -0.2) is 19.3 Å². The molecule has 0 unspecified atom stereocenters. The van der Waals surface area contributed by atoms with Gasteiger partial charge in [-0.3, -0.25) is 10.1 Å². The second-order valence-electron chi connectivity index (χ2n) is 6.72. The molecular formula is C21H16F2N6O3S. The van der Waals surface area contributed by atoms with Crippen LogP contribution in [0.15, 0.2) is 61.1 Å². The number of non-ortho nitro benzene ring substituents is 1. The second-order valence-corrected chi connectivity index (χ2v) is 7.52. The minimum Gasteiger partial charge on any atom is -0.455 e. The molecule has 2 aromatic heterocycles. The van der Waals surface area contributed by atoms with Gasteiger partial charge in [0.15, 0.2) is 11.8 Å². The van der Waals surface area contributed by atoms with Gasteiger partial charge in [-0.1, -0.05) is 4.48 Å². The molecule has 0 aliphatic carbocycles. The smallest absolute Gasteiger partial charge is 0.270 e. The lowest BCUT2D eigenvalue weighted by molar-refractivity contribution is -0.384. The molecule has 0 aliphatic heterocycles. The molecule has 0 amide bonds. The van der Waals surface area contributed by atoms with Crippen LogP contribution in [0, 0.1) is 17.0 Å². The third-order valence-electron chi connectivity index (χ3n) is 4.56. The molecule has 9 nitrogen and oxygen atoms in total. The molecule has 1 N–H and O–H groups in total. The number of fused-ring (bicyclic) bond motifs is 1. The SMILES string of the molecule is Cc1cc(Nc2ncnc3ccc([N+](=O)[O-])cc23)ccc1Oc1ccc(N(F)SCF)nc1. The van der Waals surface area contributed by atoms with Crippen LogP contribution >= 0.6 is 11.9 Å². The highest BCUT2D eigenvalue weighted by molar-refractivity contribution is 8.00. The highest BCUT2D eigenvalue weighted by Crippen LogP contribution is 2.31. The first-order valence-electron chi connectivity index (χ1n) is 9.50. The summed E-state index contributed by atoms with van der Waals surface area (Å²) in [4.78, 5) is 22.9. The van der Waals surface area contributed by atoms with Gasteiger partial charge in [0.25, 0.3) is 5.69 Å². The number of anilines is 3. The quantitative estimate of drug-likeness (QED) is 0.143. The fraction of sp³-hybridized carbons (Fsp3) is 0.0952. The monoisotopic (exact) mass is 470 g/mol. The van der Waals surface area contributed by atoms with Gasteiger partial charge in [-0.15, -0.1) is 4.53 Å². The number of hydrogen-bond donors (Lipinski definition) is 1. The van der Waals surface area contributed by atoms with Crippen molar-refractivity contribution in [2.75, 3.05) is 15.9 Å². The van der Waals surface area contributed by atoms with Gasteiger partial charge in [0.2, 0.25) is 0 Å². The summed E-state index contributed by atoms with van der Waals surface area (Å²) in [6, 6.07) is 11.7. The van der Waals surface area contributed by atoms with E-state index < -0.39 is 10.9 Å². The Morgan fingerprint density at radius 1 is 1.15 bits per heavy atom. The van der Waals surface area contributed by atoms with Crippen molar-refractivity contribution in [3.05, 3.63) is 76.7 Å². The van der Waals surface area contributed by atoms with Crippen molar-refractivity contribution in [3.8, 4) is 11.5 Å². The number of rotatable bonds is 8. The minimum absolute atomic E-state index is 0.0430. The van der Waals surface area contributed by atoms with E-state index in [0.717, 1.165) is 5.56 Å². The van der Waals surface area contributed by atoms with E-state index in [1.807, 2.05) is 13.0 Å². The van der Waals surface area contributed by atoms with E-state index >= 15 is 0 Å². The Morgan fingerprint density at radius 2 is 2.00 bits per heavy atom. The summed E-state index contributed by atoms with van der Waals surface area (Å²) < 4.78 is 31.7. The molecule has 0 saturated carbocycles. The Hall–Kier alpha value is -4.06. The number of pyridine rings is 1. The van der Waals surface area contributed by atoms with Gasteiger partial charge in [0.1, 0.15) is 23.6 Å². The van der Waals surface area contributed by atoms with Gasteiger partial charge in [-0.2, -0.15) is 0 Å². The summed E-state index contributed by atoms with van der Waals surface area (Å²) in [5, 5.41) is 14.8. The number of aryl methyl sites for hydroxylation is 1. The Morgan fingerprint density at radius 3 is 2.70 bits per heavy atom. The molecule has 4 aromatic rings. The number of hydrogen-bond acceptors (Lipinski definition) is 9. The van der Waals surface area contributed by atoms with Crippen molar-refractivity contribution in [2.24, 2.45) is 0 Å². The number of nitro groups is 1. The largest absolute Gasteiger partial charge is 0.455 e. The van der Waals surface area contributed by atoms with Crippen molar-refractivity contribution in [1.29, 1.82) is 0 Å². The van der Waals surface area contributed by atoms with Gasteiger partial charge in [0, 0.05) is 35.2 Å². The normalized spacial score (nSPS) is 10.8. The summed E-state index contributed by atoms with van der Waals surface area (Å²) >= 11 is 0.349. The maximum atomic E-state index is 13.5. The molecule has 33 heavy (non-hydrogen) atoms. The molecule has 0 spiro atoms. The summed E-state index contributed by atoms with van der Waals surface area (Å²) in [6.45, 7) is 1.84. The van der Waals surface area contributed by atoms with Gasteiger partial charge in [-0.05, 0) is 48.9 Å². The number of nitrogens with zero attached hydrogens (tertiary/aromatic N) is 5. The molecule has 168 valence electrons. The maximum Gasteiger partial charge on any atom is 0.270 e. The zero-order valence-corrected chi connectivity index (χ0v) is 17.9. The van der Waals surface area contributed by atoms with Crippen molar-refractivity contribution in [2.45, 2.75) is 6.92 Å². The Labute approximate surface area is 190 Å². The van der Waals surface area contributed by atoms with Gasteiger partial charge in [0.05, 0.1) is 16.6 Å². The first-order chi connectivity index (χ1) is 15.9. The van der Waals surface area contributed by atoms with Crippen LogP contribution in [0.2, 0.25) is 0 Å². The number of alkyl halides is 1. The van der Waals surface area contributed by atoms with E-state index in [0.29, 0.717) is 45.9 Å². The lowest BCUT2D eigenvalue weighted by atomic mass is 10.1. The van der Waals surface area contributed by atoms with Crippen LogP contribution in [0.1, 0.15) is 5.56 Å². The van der Waals surface area contributed by atoms with Crippen LogP contribution in [0.5, 0.6) is 11.5 Å². The van der Waals surface area contributed by atoms with Gasteiger partial charge >= 0.3 is 0 Å². The van der Waals surface area contributed by atoms with Crippen molar-refractivity contribution in [3.63, 3.8) is 0 Å². The van der Waals surface area contributed by atoms with Gasteiger partial charge < -0.3 is 10.1 Å². The fourth-order valence-electron chi connectivity index (χ4n) is 3.01. The molecule has 12 heteroatoms. The third-order valence-corrected chi connectivity index (χ3v) is 5.07. The molecule has 0 aliphatic rings. The molecule has 2 aromatic carbocycles. The molecular weight excluding hydrogens is 454 g/mol. The number of aromatic nitrogens is 3. The molecule has 0 bridgehead atoms. The lowest BCUT2D eigenvalue weighted by Crippen LogP contribution is -2.02. The zero-order valence-electron chi connectivity index (χ0n) is 17.1. The van der Waals surface area contributed by atoms with E-state index in [2.05, 4.69) is 20.3 Å². The first kappa shape index (κ1) is 22.1. The average Bonchev–Trinajstić information content (AvgIpc) is 2.81. The number of nitro benzene ring substituents is 1. The van der Waals surface area contributed by atoms with Crippen LogP contribution < -0.4 is 14.6 Å². The average molecular weight is 470 g/mol. The minimum atomic E-state index is -0.905. The molecule has 4 rings (SSSR count). The first-order valence-corrected chi connectivity index (χ1v) is 10.4. The van der Waals surface area contributed by atoms with Crippen molar-refractivity contribution < 1.29 is 18.5 Å². The number of benzene rings is 2. The van der Waals surface area contributed by atoms with E-state index in [9.17, 15) is 19.0 Å². The standard InChI is InChI=1S/C21H16F2N6O3S/c1-13-8-14(27-21-17-9-15(29(30)31)3-5-18(17)25-12-26-21)2-6-19(13)32-16-4-7-20(24-10-16)28(23)33-11-22/h2-10,12H,11H2,1H3,(H,25,26,27). The van der Waals surface area contributed by atoms with Crippen LogP contribution in [0.25, 0.3) is 10.9 Å². The molecule has 0 saturated heterocycles. The summed E-state index contributed by atoms with van der Waals surface area (Å²) in [5.41, 5.74) is 1.99. The molecule has 0 radical (unpaired) electrons. The van der Waals surface area contributed by atoms with E-state index in [1.54, 1.807) is 18.2 Å². The Balaban J connectivity index is 1.53. The van der Waals surface area contributed by atoms with E-state index in [-0.39, 0.29) is 16.0 Å². The maximum absolute atomic E-state index is 13.5. The Bertz CT molecular complexity index is 1310. The highest BCUT2D eigenvalue weighted by atomic mass is 32.2. The van der Waals surface area contributed by atoms with Crippen molar-refractivity contribution >= 4 is 45.9 Å². The highest BCUT2D eigenvalue weighted by Gasteiger charge is 2.12. The third kappa shape index (κ3) is 5.06. The van der Waals surface area contributed by atoms with Crippen LogP contribution in [0.3, 0.4) is 0 Å². The topological polar surface area (TPSA) is 106 Å². The summed E-state index contributed by atoms with van der Waals surface area (Å²) in [5.74, 6) is 1.32. The molecule has 0 atom stereocenters. The zero-order chi connectivity index (χ0) is 23.4. The number of halogens is 2. The van der Waals surface area contributed by atoms with Crippen LogP contribution in [-0.2, 0) is 0 Å². The van der Waals surface area contributed by atoms with E-state index in [1.165, 1.54) is 36.8 Å². The number of ether oxygens (including phenoxy) is 1. The van der Waals surface area contributed by atoms with E-state index in [4.69, 9.17) is 4.74 Å². The molecule has 0 fully saturated rings. The second kappa shape index (κ2) is 9.61.